The van der Waals surface area contributed by atoms with Crippen LogP contribution in [0.5, 0.6) is 0 Å². The molecule has 1 unspecified atom stereocenters. The maximum atomic E-state index is 14.2. The van der Waals surface area contributed by atoms with E-state index in [0.717, 1.165) is 72.9 Å². The zero-order chi connectivity index (χ0) is 27.2. The Morgan fingerprint density at radius 3 is 2.18 bits per heavy atom. The van der Waals surface area contributed by atoms with Crippen LogP contribution in [0.2, 0.25) is 0 Å². The van der Waals surface area contributed by atoms with Crippen molar-refractivity contribution in [3.05, 3.63) is 106 Å². The number of nitrogens with one attached hydrogen (secondary N) is 2. The van der Waals surface area contributed by atoms with Crippen molar-refractivity contribution in [2.24, 2.45) is 11.8 Å². The number of amides is 1. The van der Waals surface area contributed by atoms with Crippen LogP contribution in [0, 0.1) is 31.1 Å². The van der Waals surface area contributed by atoms with Gasteiger partial charge in [-0.15, -0.1) is 0 Å². The maximum absolute atomic E-state index is 14.2. The molecule has 2 fully saturated rings. The molecule has 39 heavy (non-hydrogen) atoms. The smallest absolute Gasteiger partial charge is 0.232 e. The van der Waals surface area contributed by atoms with Crippen LogP contribution >= 0.6 is 0 Å². The molecule has 0 bridgehead atoms. The summed E-state index contributed by atoms with van der Waals surface area (Å²) in [7, 11) is 0. The van der Waals surface area contributed by atoms with Crippen molar-refractivity contribution in [3.8, 4) is 0 Å². The molecule has 0 saturated heterocycles. The lowest BCUT2D eigenvalue weighted by Crippen LogP contribution is -2.41. The first kappa shape index (κ1) is 27.4. The fourth-order valence-electron chi connectivity index (χ4n) is 6.75. The molecule has 1 atom stereocenters. The zero-order valence-corrected chi connectivity index (χ0v) is 23.7. The van der Waals surface area contributed by atoms with Crippen molar-refractivity contribution in [1.82, 2.24) is 5.32 Å². The number of carbonyl (C=O) groups is 1. The third-order valence-corrected chi connectivity index (χ3v) is 9.05. The maximum Gasteiger partial charge on any atom is 0.232 e. The first-order valence-corrected chi connectivity index (χ1v) is 15.1. The van der Waals surface area contributed by atoms with E-state index in [0.29, 0.717) is 11.8 Å². The van der Waals surface area contributed by atoms with Gasteiger partial charge in [-0.05, 0) is 87.0 Å². The fraction of sp³-hybridized carbons (Fsp3) is 0.444. The van der Waals surface area contributed by atoms with E-state index in [1.165, 1.54) is 30.4 Å². The number of benzene rings is 3. The van der Waals surface area contributed by atoms with E-state index in [9.17, 15) is 10.2 Å². The highest BCUT2D eigenvalue weighted by molar-refractivity contribution is 6.03. The molecule has 3 aromatic rings. The summed E-state index contributed by atoms with van der Waals surface area (Å²) in [6, 6.07) is 25.8. The summed E-state index contributed by atoms with van der Waals surface area (Å²) >= 11 is 0. The molecule has 2 aliphatic carbocycles. The molecule has 2 aliphatic rings. The minimum Gasteiger partial charge on any atom is -0.353 e. The van der Waals surface area contributed by atoms with E-state index in [1.54, 1.807) is 0 Å². The van der Waals surface area contributed by atoms with Gasteiger partial charge in [0.1, 0.15) is 0 Å². The van der Waals surface area contributed by atoms with E-state index in [1.807, 2.05) is 0 Å². The molecule has 0 heterocycles. The highest BCUT2D eigenvalue weighted by Gasteiger charge is 2.31. The Labute approximate surface area is 234 Å². The number of hydrogen-bond donors (Lipinski definition) is 2. The minimum absolute atomic E-state index is 0.0775. The summed E-state index contributed by atoms with van der Waals surface area (Å²) < 4.78 is 0. The summed E-state index contributed by atoms with van der Waals surface area (Å²) in [5, 5.41) is 12.7. The average molecular weight is 521 g/mol. The van der Waals surface area contributed by atoms with Gasteiger partial charge in [-0.25, -0.2) is 0 Å². The number of hydrogen-bond acceptors (Lipinski definition) is 2. The predicted molar refractivity (Wildman–Crippen MR) is 162 cm³/mol. The fourth-order valence-corrected chi connectivity index (χ4v) is 6.75. The van der Waals surface area contributed by atoms with Gasteiger partial charge in [0.2, 0.25) is 5.91 Å². The van der Waals surface area contributed by atoms with Gasteiger partial charge in [0.25, 0.3) is 0 Å². The normalized spacial score (nSPS) is 20.8. The van der Waals surface area contributed by atoms with E-state index in [4.69, 9.17) is 0 Å². The highest BCUT2D eigenvalue weighted by atomic mass is 16.1. The molecule has 5 rings (SSSR count). The third-order valence-electron chi connectivity index (χ3n) is 9.05. The van der Waals surface area contributed by atoms with Crippen molar-refractivity contribution in [2.45, 2.75) is 90.0 Å². The van der Waals surface area contributed by atoms with Crippen molar-refractivity contribution >= 4 is 11.6 Å². The average Bonchev–Trinajstić information content (AvgIpc) is 2.96. The van der Waals surface area contributed by atoms with Crippen LogP contribution in [0.15, 0.2) is 72.8 Å². The lowest BCUT2D eigenvalue weighted by molar-refractivity contribution is -0.122. The molecule has 2 N–H and O–H groups in total. The third kappa shape index (κ3) is 6.87. The predicted octanol–water partition coefficient (Wildman–Crippen LogP) is 8.30. The van der Waals surface area contributed by atoms with Crippen molar-refractivity contribution in [2.75, 3.05) is 0 Å². The summed E-state index contributed by atoms with van der Waals surface area (Å²) in [4.78, 5) is 14.2. The van der Waals surface area contributed by atoms with Crippen molar-refractivity contribution < 1.29 is 4.79 Å². The Hall–Kier alpha value is -3.20. The largest absolute Gasteiger partial charge is 0.353 e. The van der Waals surface area contributed by atoms with E-state index in [-0.39, 0.29) is 11.9 Å². The van der Waals surface area contributed by atoms with Gasteiger partial charge in [0, 0.05) is 17.7 Å². The second kappa shape index (κ2) is 12.8. The molecular formula is C36H44N2O. The van der Waals surface area contributed by atoms with Crippen LogP contribution in [-0.4, -0.2) is 17.7 Å². The van der Waals surface area contributed by atoms with Gasteiger partial charge in [-0.2, -0.15) is 0 Å². The van der Waals surface area contributed by atoms with Crippen LogP contribution < -0.4 is 5.32 Å². The van der Waals surface area contributed by atoms with Gasteiger partial charge >= 0.3 is 0 Å². The van der Waals surface area contributed by atoms with Gasteiger partial charge in [0.05, 0.1) is 5.92 Å². The van der Waals surface area contributed by atoms with Crippen LogP contribution in [0.25, 0.3) is 0 Å². The number of carbonyl (C=O) groups excluding carboxylic acids is 1. The first-order chi connectivity index (χ1) is 19.0. The molecule has 3 heteroatoms. The van der Waals surface area contributed by atoms with Crippen LogP contribution in [0.3, 0.4) is 0 Å². The lowest BCUT2D eigenvalue weighted by Gasteiger charge is -2.31. The van der Waals surface area contributed by atoms with E-state index in [2.05, 4.69) is 92.0 Å². The second-order valence-electron chi connectivity index (χ2n) is 12.1. The SMILES string of the molecule is Cc1ccc(C(C(=O)NC2CCC(Cc3ccccc3)CC2)c2cc(C)ccc2C(=N)C2CCCCC2)cc1. The molecule has 1 amide bonds. The molecule has 3 nitrogen and oxygen atoms in total. The number of rotatable bonds is 8. The Morgan fingerprint density at radius 2 is 1.49 bits per heavy atom. The molecule has 2 saturated carbocycles. The lowest BCUT2D eigenvalue weighted by atomic mass is 9.78. The molecule has 0 radical (unpaired) electrons. The van der Waals surface area contributed by atoms with Gasteiger partial charge in [0.15, 0.2) is 0 Å². The molecular weight excluding hydrogens is 476 g/mol. The van der Waals surface area contributed by atoms with E-state index >= 15 is 0 Å². The van der Waals surface area contributed by atoms with Crippen molar-refractivity contribution in [3.63, 3.8) is 0 Å². The monoisotopic (exact) mass is 520 g/mol. The Morgan fingerprint density at radius 1 is 0.821 bits per heavy atom. The van der Waals surface area contributed by atoms with Crippen molar-refractivity contribution in [1.29, 1.82) is 5.41 Å². The molecule has 0 aliphatic heterocycles. The van der Waals surface area contributed by atoms with Gasteiger partial charge < -0.3 is 10.7 Å². The summed E-state index contributed by atoms with van der Waals surface area (Å²) in [6.07, 6.45) is 11.3. The summed E-state index contributed by atoms with van der Waals surface area (Å²) in [6.45, 7) is 4.18. The van der Waals surface area contributed by atoms with Crippen LogP contribution in [0.1, 0.15) is 97.1 Å². The standard InChI is InChI=1S/C36H44N2O/c1-25-13-18-29(19-14-25)34(33-23-26(2)15-22-32(33)35(37)30-11-7-4-8-12-30)36(39)38-31-20-16-28(17-21-31)24-27-9-5-3-6-10-27/h3,5-6,9-10,13-15,18-19,22-23,28,30-31,34,37H,4,7-8,11-12,16-17,20-21,24H2,1-2H3,(H,38,39). The zero-order valence-electron chi connectivity index (χ0n) is 23.7. The van der Waals surface area contributed by atoms with Gasteiger partial charge in [-0.3, -0.25) is 4.79 Å². The highest BCUT2D eigenvalue weighted by Crippen LogP contribution is 2.35. The Bertz CT molecular complexity index is 1250. The quantitative estimate of drug-likeness (QED) is 0.288. The summed E-state index contributed by atoms with van der Waals surface area (Å²) in [5.74, 6) is 0.648. The van der Waals surface area contributed by atoms with E-state index < -0.39 is 5.92 Å². The Balaban J connectivity index is 1.37. The van der Waals surface area contributed by atoms with Gasteiger partial charge in [-0.1, -0.05) is 103 Å². The topological polar surface area (TPSA) is 53.0 Å². The summed E-state index contributed by atoms with van der Waals surface area (Å²) in [5.41, 5.74) is 7.42. The minimum atomic E-state index is -0.411. The molecule has 204 valence electrons. The number of aryl methyl sites for hydroxylation is 2. The molecule has 3 aromatic carbocycles. The van der Waals surface area contributed by atoms with Crippen LogP contribution in [-0.2, 0) is 11.2 Å². The van der Waals surface area contributed by atoms with Crippen LogP contribution in [0.4, 0.5) is 0 Å². The molecule has 0 aromatic heterocycles. The molecule has 0 spiro atoms. The Kier molecular flexibility index (Phi) is 8.96. The second-order valence-corrected chi connectivity index (χ2v) is 12.1. The first-order valence-electron chi connectivity index (χ1n) is 15.1.